The van der Waals surface area contributed by atoms with E-state index in [1.165, 1.54) is 43.6 Å². The van der Waals surface area contributed by atoms with Gasteiger partial charge in [-0.3, -0.25) is 9.48 Å². The summed E-state index contributed by atoms with van der Waals surface area (Å²) < 4.78 is 6.35. The smallest absolute Gasteiger partial charge is 0.226 e. The molecule has 0 unspecified atom stereocenters. The second kappa shape index (κ2) is 8.82. The molecule has 0 N–H and O–H groups in total. The lowest BCUT2D eigenvalue weighted by Crippen LogP contribution is -2.35. The lowest BCUT2D eigenvalue weighted by Gasteiger charge is -2.22. The van der Waals surface area contributed by atoms with Crippen LogP contribution in [0.4, 0.5) is 5.13 Å². The van der Waals surface area contributed by atoms with Crippen molar-refractivity contribution in [1.29, 1.82) is 0 Å². The molecule has 0 radical (unpaired) electrons. The standard InChI is InChI=1S/C19H30N6OS/c1-14-16(13-25(4)21-14)12-17(26)23(2)10-11-24(3)19-20-18(22-27-19)15-8-6-5-7-9-15/h13,15H,5-12H2,1-4H3. The number of anilines is 1. The van der Waals surface area contributed by atoms with Gasteiger partial charge in [0.2, 0.25) is 11.0 Å². The first kappa shape index (κ1) is 19.8. The van der Waals surface area contributed by atoms with E-state index in [4.69, 9.17) is 4.98 Å². The molecule has 1 saturated carbocycles. The summed E-state index contributed by atoms with van der Waals surface area (Å²) in [5, 5.41) is 5.25. The summed E-state index contributed by atoms with van der Waals surface area (Å²) in [5.74, 6) is 1.65. The second-order valence-electron chi connectivity index (χ2n) is 7.60. The Hall–Kier alpha value is -1.96. The SMILES string of the molecule is Cc1nn(C)cc1CC(=O)N(C)CCN(C)c1nc(C2CCCCC2)ns1. The predicted molar refractivity (Wildman–Crippen MR) is 108 cm³/mol. The number of carbonyl (C=O) groups excluding carboxylic acids is 1. The minimum Gasteiger partial charge on any atom is -0.348 e. The lowest BCUT2D eigenvalue weighted by molar-refractivity contribution is -0.129. The van der Waals surface area contributed by atoms with Crippen LogP contribution in [0.15, 0.2) is 6.20 Å². The molecule has 7 nitrogen and oxygen atoms in total. The normalized spacial score (nSPS) is 15.1. The zero-order chi connectivity index (χ0) is 19.4. The molecule has 148 valence electrons. The molecule has 1 fully saturated rings. The van der Waals surface area contributed by atoms with Crippen LogP contribution in [0.5, 0.6) is 0 Å². The van der Waals surface area contributed by atoms with E-state index in [2.05, 4.69) is 14.4 Å². The quantitative estimate of drug-likeness (QED) is 0.727. The van der Waals surface area contributed by atoms with Gasteiger partial charge in [0.25, 0.3) is 0 Å². The molecule has 1 amide bonds. The third-order valence-corrected chi connectivity index (χ3v) is 6.23. The Labute approximate surface area is 165 Å². The highest BCUT2D eigenvalue weighted by Crippen LogP contribution is 2.32. The van der Waals surface area contributed by atoms with Crippen molar-refractivity contribution >= 4 is 22.6 Å². The van der Waals surface area contributed by atoms with Crippen LogP contribution in [-0.4, -0.2) is 57.1 Å². The molecule has 0 aliphatic heterocycles. The van der Waals surface area contributed by atoms with E-state index in [-0.39, 0.29) is 5.91 Å². The topological polar surface area (TPSA) is 67.2 Å². The number of amides is 1. The van der Waals surface area contributed by atoms with Gasteiger partial charge in [-0.25, -0.2) is 4.98 Å². The third kappa shape index (κ3) is 5.06. The van der Waals surface area contributed by atoms with Gasteiger partial charge < -0.3 is 9.80 Å². The fraction of sp³-hybridized carbons (Fsp3) is 0.684. The molecule has 0 atom stereocenters. The summed E-state index contributed by atoms with van der Waals surface area (Å²) in [6.45, 7) is 3.34. The summed E-state index contributed by atoms with van der Waals surface area (Å²) in [4.78, 5) is 21.1. The molecular formula is C19H30N6OS. The van der Waals surface area contributed by atoms with Crippen LogP contribution in [0.2, 0.25) is 0 Å². The van der Waals surface area contributed by atoms with E-state index in [0.717, 1.165) is 28.8 Å². The number of rotatable bonds is 7. The van der Waals surface area contributed by atoms with Crippen LogP contribution >= 0.6 is 11.5 Å². The summed E-state index contributed by atoms with van der Waals surface area (Å²) in [6, 6.07) is 0. The molecule has 2 heterocycles. The lowest BCUT2D eigenvalue weighted by atomic mass is 9.89. The molecule has 0 spiro atoms. The summed E-state index contributed by atoms with van der Waals surface area (Å²) >= 11 is 1.47. The molecule has 27 heavy (non-hydrogen) atoms. The Morgan fingerprint density at radius 2 is 2.00 bits per heavy atom. The number of aromatic nitrogens is 4. The van der Waals surface area contributed by atoms with Crippen molar-refractivity contribution in [3.8, 4) is 0 Å². The zero-order valence-corrected chi connectivity index (χ0v) is 17.6. The molecule has 3 rings (SSSR count). The van der Waals surface area contributed by atoms with Gasteiger partial charge >= 0.3 is 0 Å². The highest BCUT2D eigenvalue weighted by Gasteiger charge is 2.21. The van der Waals surface area contributed by atoms with E-state index in [0.29, 0.717) is 18.9 Å². The number of nitrogens with zero attached hydrogens (tertiary/aromatic N) is 6. The maximum atomic E-state index is 12.5. The van der Waals surface area contributed by atoms with Crippen LogP contribution in [0.1, 0.15) is 55.1 Å². The van der Waals surface area contributed by atoms with Crippen LogP contribution in [0, 0.1) is 6.92 Å². The van der Waals surface area contributed by atoms with E-state index in [1.54, 1.807) is 9.58 Å². The number of hydrogen-bond donors (Lipinski definition) is 0. The van der Waals surface area contributed by atoms with Gasteiger partial charge in [0.1, 0.15) is 5.82 Å². The van der Waals surface area contributed by atoms with Gasteiger partial charge in [0.15, 0.2) is 0 Å². The third-order valence-electron chi connectivity index (χ3n) is 5.38. The molecule has 1 aliphatic rings. The average molecular weight is 391 g/mol. The molecule has 2 aromatic rings. The Morgan fingerprint density at radius 3 is 2.67 bits per heavy atom. The van der Waals surface area contributed by atoms with Crippen molar-refractivity contribution in [2.24, 2.45) is 7.05 Å². The molecule has 0 aromatic carbocycles. The summed E-state index contributed by atoms with van der Waals surface area (Å²) in [7, 11) is 5.76. The van der Waals surface area contributed by atoms with E-state index >= 15 is 0 Å². The number of likely N-dealkylation sites (N-methyl/N-ethyl adjacent to an activating group) is 2. The first-order valence-electron chi connectivity index (χ1n) is 9.72. The van der Waals surface area contributed by atoms with Crippen molar-refractivity contribution in [3.63, 3.8) is 0 Å². The van der Waals surface area contributed by atoms with Crippen molar-refractivity contribution in [1.82, 2.24) is 24.0 Å². The maximum absolute atomic E-state index is 12.5. The Kier molecular flexibility index (Phi) is 6.46. The number of carbonyl (C=O) groups is 1. The minimum absolute atomic E-state index is 0.111. The van der Waals surface area contributed by atoms with Gasteiger partial charge in [-0.05, 0) is 19.8 Å². The van der Waals surface area contributed by atoms with Gasteiger partial charge in [0, 0.05) is 63.4 Å². The molecular weight excluding hydrogens is 360 g/mol. The second-order valence-corrected chi connectivity index (χ2v) is 8.33. The van der Waals surface area contributed by atoms with Crippen molar-refractivity contribution in [2.45, 2.75) is 51.4 Å². The molecule has 1 aliphatic carbocycles. The van der Waals surface area contributed by atoms with Gasteiger partial charge in [-0.1, -0.05) is 19.3 Å². The highest BCUT2D eigenvalue weighted by atomic mass is 32.1. The summed E-state index contributed by atoms with van der Waals surface area (Å²) in [6.07, 6.45) is 8.66. The Balaban J connectivity index is 1.49. The molecule has 8 heteroatoms. The molecule has 2 aromatic heterocycles. The van der Waals surface area contributed by atoms with Crippen LogP contribution in [0.3, 0.4) is 0 Å². The Bertz CT molecular complexity index is 764. The van der Waals surface area contributed by atoms with Gasteiger partial charge in [0.05, 0.1) is 12.1 Å². The van der Waals surface area contributed by atoms with Crippen LogP contribution in [0.25, 0.3) is 0 Å². The first-order valence-corrected chi connectivity index (χ1v) is 10.5. The average Bonchev–Trinajstić information content (AvgIpc) is 3.27. The molecule has 0 bridgehead atoms. The van der Waals surface area contributed by atoms with E-state index in [9.17, 15) is 4.79 Å². The van der Waals surface area contributed by atoms with Crippen molar-refractivity contribution in [3.05, 3.63) is 23.3 Å². The monoisotopic (exact) mass is 390 g/mol. The first-order chi connectivity index (χ1) is 12.9. The highest BCUT2D eigenvalue weighted by molar-refractivity contribution is 7.09. The van der Waals surface area contributed by atoms with Crippen molar-refractivity contribution in [2.75, 3.05) is 32.1 Å². The molecule has 0 saturated heterocycles. The van der Waals surface area contributed by atoms with Gasteiger partial charge in [-0.2, -0.15) is 9.47 Å². The fourth-order valence-corrected chi connectivity index (χ4v) is 4.28. The van der Waals surface area contributed by atoms with Gasteiger partial charge in [-0.15, -0.1) is 0 Å². The predicted octanol–water partition coefficient (Wildman–Crippen LogP) is 2.77. The maximum Gasteiger partial charge on any atom is 0.226 e. The van der Waals surface area contributed by atoms with Crippen molar-refractivity contribution < 1.29 is 4.79 Å². The minimum atomic E-state index is 0.111. The zero-order valence-electron chi connectivity index (χ0n) is 16.8. The number of aryl methyl sites for hydroxylation is 2. The largest absolute Gasteiger partial charge is 0.348 e. The van der Waals surface area contributed by atoms with E-state index < -0.39 is 0 Å². The number of hydrogen-bond acceptors (Lipinski definition) is 6. The Morgan fingerprint density at radius 1 is 1.26 bits per heavy atom. The summed E-state index contributed by atoms with van der Waals surface area (Å²) in [5.41, 5.74) is 1.91. The van der Waals surface area contributed by atoms with Crippen LogP contribution < -0.4 is 4.90 Å². The van der Waals surface area contributed by atoms with E-state index in [1.807, 2.05) is 34.3 Å². The van der Waals surface area contributed by atoms with Crippen LogP contribution in [-0.2, 0) is 18.3 Å². The fourth-order valence-electron chi connectivity index (χ4n) is 3.55.